The van der Waals surface area contributed by atoms with Gasteiger partial charge < -0.3 is 14.5 Å². The smallest absolute Gasteiger partial charge is 0.360 e. The fourth-order valence-electron chi connectivity index (χ4n) is 2.47. The van der Waals surface area contributed by atoms with E-state index in [4.69, 9.17) is 4.42 Å². The van der Waals surface area contributed by atoms with Gasteiger partial charge in [-0.3, -0.25) is 4.79 Å². The summed E-state index contributed by atoms with van der Waals surface area (Å²) in [6.45, 7) is 1.70. The second-order valence-electron chi connectivity index (χ2n) is 4.60. The molecule has 0 fully saturated rings. The average Bonchev–Trinajstić information content (AvgIpc) is 2.46. The maximum absolute atomic E-state index is 12.5. The molecule has 21 heavy (non-hydrogen) atoms. The van der Waals surface area contributed by atoms with Crippen molar-refractivity contribution in [3.63, 3.8) is 0 Å². The molecular weight excluding hydrogens is 274 g/mol. The number of benzene rings is 1. The van der Waals surface area contributed by atoms with E-state index in [9.17, 15) is 19.5 Å². The number of aryl methyl sites for hydroxylation is 1. The van der Waals surface area contributed by atoms with E-state index in [0.29, 0.717) is 11.8 Å². The standard InChI is InChI=1S/C15H11NO5/c1-2-8-11(14(18)19)13(17)10-7-5-3-4-6-9(7)21-15(20)12(10)16-8/h3-6H,2H2,1H3,(H,16,17)(H,18,19). The molecule has 3 rings (SSSR count). The zero-order chi connectivity index (χ0) is 15.1. The number of aromatic carboxylic acids is 1. The Kier molecular flexibility index (Phi) is 2.86. The third kappa shape index (κ3) is 1.84. The lowest BCUT2D eigenvalue weighted by Crippen LogP contribution is -2.22. The minimum Gasteiger partial charge on any atom is -0.477 e. The van der Waals surface area contributed by atoms with E-state index in [1.165, 1.54) is 0 Å². The zero-order valence-corrected chi connectivity index (χ0v) is 11.1. The first kappa shape index (κ1) is 13.1. The highest BCUT2D eigenvalue weighted by Crippen LogP contribution is 2.20. The molecule has 106 valence electrons. The number of nitrogens with one attached hydrogen (secondary N) is 1. The van der Waals surface area contributed by atoms with Crippen molar-refractivity contribution in [3.8, 4) is 0 Å². The van der Waals surface area contributed by atoms with Crippen molar-refractivity contribution >= 4 is 27.8 Å². The Labute approximate surface area is 117 Å². The molecule has 0 aliphatic rings. The molecule has 6 heteroatoms. The second-order valence-corrected chi connectivity index (χ2v) is 4.60. The highest BCUT2D eigenvalue weighted by Gasteiger charge is 2.20. The van der Waals surface area contributed by atoms with E-state index in [2.05, 4.69) is 4.98 Å². The Morgan fingerprint density at radius 3 is 2.67 bits per heavy atom. The summed E-state index contributed by atoms with van der Waals surface area (Å²) in [5, 5.41) is 9.72. The van der Waals surface area contributed by atoms with Crippen LogP contribution in [-0.4, -0.2) is 16.1 Å². The number of aromatic amines is 1. The number of carbonyl (C=O) groups is 1. The summed E-state index contributed by atoms with van der Waals surface area (Å²) in [4.78, 5) is 38.6. The lowest BCUT2D eigenvalue weighted by molar-refractivity contribution is 0.0694. The molecule has 0 saturated carbocycles. The van der Waals surface area contributed by atoms with Gasteiger partial charge in [-0.05, 0) is 12.5 Å². The minimum atomic E-state index is -1.31. The van der Waals surface area contributed by atoms with Crippen LogP contribution in [0.2, 0.25) is 0 Å². The Hall–Kier alpha value is -2.89. The van der Waals surface area contributed by atoms with Crippen LogP contribution in [-0.2, 0) is 6.42 Å². The summed E-state index contributed by atoms with van der Waals surface area (Å²) in [7, 11) is 0. The number of fused-ring (bicyclic) bond motifs is 3. The van der Waals surface area contributed by atoms with Crippen molar-refractivity contribution in [2.75, 3.05) is 0 Å². The van der Waals surface area contributed by atoms with E-state index < -0.39 is 17.0 Å². The molecule has 6 nitrogen and oxygen atoms in total. The first-order valence-electron chi connectivity index (χ1n) is 6.38. The molecule has 0 spiro atoms. The number of para-hydroxylation sites is 1. The molecule has 0 radical (unpaired) electrons. The quantitative estimate of drug-likeness (QED) is 0.553. The van der Waals surface area contributed by atoms with Crippen molar-refractivity contribution in [3.05, 3.63) is 56.2 Å². The van der Waals surface area contributed by atoms with Crippen LogP contribution in [0.3, 0.4) is 0 Å². The topological polar surface area (TPSA) is 100 Å². The molecule has 3 aromatic rings. The minimum absolute atomic E-state index is 0.000509. The SMILES string of the molecule is CCc1[nH]c2c(=O)oc3ccccc3c2c(=O)c1C(=O)O. The van der Waals surface area contributed by atoms with Gasteiger partial charge in [0.2, 0.25) is 5.43 Å². The molecule has 0 amide bonds. The normalized spacial score (nSPS) is 11.1. The van der Waals surface area contributed by atoms with Gasteiger partial charge in [-0.25, -0.2) is 9.59 Å². The Bertz CT molecular complexity index is 997. The molecular formula is C15H11NO5. The fourth-order valence-corrected chi connectivity index (χ4v) is 2.47. The van der Waals surface area contributed by atoms with Crippen LogP contribution in [0.25, 0.3) is 21.9 Å². The Morgan fingerprint density at radius 2 is 2.00 bits per heavy atom. The number of carboxylic acids is 1. The molecule has 2 heterocycles. The van der Waals surface area contributed by atoms with Gasteiger partial charge in [0.25, 0.3) is 0 Å². The monoisotopic (exact) mass is 285 g/mol. The van der Waals surface area contributed by atoms with Gasteiger partial charge in [-0.15, -0.1) is 0 Å². The van der Waals surface area contributed by atoms with Crippen LogP contribution in [0, 0.1) is 0 Å². The van der Waals surface area contributed by atoms with Crippen LogP contribution >= 0.6 is 0 Å². The maximum Gasteiger partial charge on any atom is 0.360 e. The maximum atomic E-state index is 12.5. The van der Waals surface area contributed by atoms with E-state index in [1.807, 2.05) is 0 Å². The lowest BCUT2D eigenvalue weighted by atomic mass is 10.0. The molecule has 2 N–H and O–H groups in total. The van der Waals surface area contributed by atoms with Crippen molar-refractivity contribution in [2.24, 2.45) is 0 Å². The fraction of sp³-hybridized carbons (Fsp3) is 0.133. The van der Waals surface area contributed by atoms with Gasteiger partial charge in [-0.1, -0.05) is 25.1 Å². The van der Waals surface area contributed by atoms with E-state index in [1.54, 1.807) is 31.2 Å². The number of hydrogen-bond acceptors (Lipinski definition) is 4. The summed E-state index contributed by atoms with van der Waals surface area (Å²) in [5.41, 5.74) is -1.23. The molecule has 0 bridgehead atoms. The first-order valence-corrected chi connectivity index (χ1v) is 6.38. The van der Waals surface area contributed by atoms with Gasteiger partial charge in [0, 0.05) is 11.1 Å². The molecule has 0 atom stereocenters. The summed E-state index contributed by atoms with van der Waals surface area (Å²) in [6.07, 6.45) is 0.291. The summed E-state index contributed by atoms with van der Waals surface area (Å²) in [5.74, 6) is -1.31. The van der Waals surface area contributed by atoms with Gasteiger partial charge in [0.1, 0.15) is 16.7 Å². The highest BCUT2D eigenvalue weighted by molar-refractivity contribution is 6.05. The Balaban J connectivity index is 2.68. The van der Waals surface area contributed by atoms with Gasteiger partial charge in [0.15, 0.2) is 0 Å². The number of carboxylic acid groups (broad SMARTS) is 1. The van der Waals surface area contributed by atoms with Crippen LogP contribution in [0.15, 0.2) is 38.3 Å². The number of aromatic nitrogens is 1. The molecule has 1 aromatic carbocycles. The predicted molar refractivity (Wildman–Crippen MR) is 76.9 cm³/mol. The second kappa shape index (κ2) is 4.59. The molecule has 0 aliphatic carbocycles. The molecule has 0 unspecified atom stereocenters. The van der Waals surface area contributed by atoms with Crippen LogP contribution in [0.5, 0.6) is 0 Å². The third-order valence-electron chi connectivity index (χ3n) is 3.41. The van der Waals surface area contributed by atoms with Gasteiger partial charge in [0.05, 0.1) is 5.39 Å². The van der Waals surface area contributed by atoms with Crippen LogP contribution in [0.4, 0.5) is 0 Å². The van der Waals surface area contributed by atoms with Crippen molar-refractivity contribution in [2.45, 2.75) is 13.3 Å². The number of pyridine rings is 1. The van der Waals surface area contributed by atoms with Crippen molar-refractivity contribution in [1.29, 1.82) is 0 Å². The third-order valence-corrected chi connectivity index (χ3v) is 3.41. The number of rotatable bonds is 2. The summed E-state index contributed by atoms with van der Waals surface area (Å²) < 4.78 is 5.16. The average molecular weight is 285 g/mol. The molecule has 2 aromatic heterocycles. The van der Waals surface area contributed by atoms with E-state index in [0.717, 1.165) is 0 Å². The van der Waals surface area contributed by atoms with Crippen LogP contribution < -0.4 is 11.1 Å². The van der Waals surface area contributed by atoms with Crippen molar-refractivity contribution in [1.82, 2.24) is 4.98 Å². The number of H-pyrrole nitrogens is 1. The lowest BCUT2D eigenvalue weighted by Gasteiger charge is -2.07. The first-order chi connectivity index (χ1) is 10.0. The number of hydrogen-bond donors (Lipinski definition) is 2. The molecule has 0 aliphatic heterocycles. The van der Waals surface area contributed by atoms with E-state index in [-0.39, 0.29) is 27.7 Å². The highest BCUT2D eigenvalue weighted by atomic mass is 16.4. The zero-order valence-electron chi connectivity index (χ0n) is 11.1. The van der Waals surface area contributed by atoms with E-state index >= 15 is 0 Å². The molecule has 0 saturated heterocycles. The largest absolute Gasteiger partial charge is 0.477 e. The van der Waals surface area contributed by atoms with Gasteiger partial charge >= 0.3 is 11.6 Å². The van der Waals surface area contributed by atoms with Crippen molar-refractivity contribution < 1.29 is 14.3 Å². The van der Waals surface area contributed by atoms with Gasteiger partial charge in [-0.2, -0.15) is 0 Å². The van der Waals surface area contributed by atoms with Crippen LogP contribution in [0.1, 0.15) is 23.0 Å². The predicted octanol–water partition coefficient (Wildman–Crippen LogP) is 1.90. The Morgan fingerprint density at radius 1 is 1.29 bits per heavy atom. The summed E-state index contributed by atoms with van der Waals surface area (Å²) >= 11 is 0. The summed E-state index contributed by atoms with van der Waals surface area (Å²) in [6, 6.07) is 6.54.